The Kier molecular flexibility index (Phi) is 10.8. The van der Waals surface area contributed by atoms with E-state index >= 15 is 0 Å². The number of carbonyl (C=O) groups is 2. The number of halogens is 2. The molecule has 2 amide bonds. The van der Waals surface area contributed by atoms with Crippen LogP contribution < -0.4 is 5.32 Å². The van der Waals surface area contributed by atoms with Gasteiger partial charge in [-0.1, -0.05) is 83.5 Å². The number of rotatable bonds is 12. The van der Waals surface area contributed by atoms with Crippen molar-refractivity contribution in [2.75, 3.05) is 12.3 Å². The second-order valence-electron chi connectivity index (χ2n) is 8.23. The van der Waals surface area contributed by atoms with Gasteiger partial charge in [-0.3, -0.25) is 9.59 Å². The van der Waals surface area contributed by atoms with Gasteiger partial charge in [0, 0.05) is 35.3 Å². The summed E-state index contributed by atoms with van der Waals surface area (Å²) in [5.74, 6) is 0.0518. The van der Waals surface area contributed by atoms with E-state index in [0.717, 1.165) is 22.0 Å². The highest BCUT2D eigenvalue weighted by molar-refractivity contribution is 9.10. The van der Waals surface area contributed by atoms with Crippen LogP contribution in [0.4, 0.5) is 4.39 Å². The van der Waals surface area contributed by atoms with Crippen molar-refractivity contribution in [1.82, 2.24) is 10.2 Å². The Labute approximate surface area is 219 Å². The van der Waals surface area contributed by atoms with Gasteiger partial charge in [-0.05, 0) is 35.7 Å². The Bertz CT molecular complexity index is 1100. The fourth-order valence-electron chi connectivity index (χ4n) is 3.65. The summed E-state index contributed by atoms with van der Waals surface area (Å²) in [4.78, 5) is 28.3. The molecule has 0 aliphatic heterocycles. The molecule has 3 aromatic rings. The van der Waals surface area contributed by atoms with Gasteiger partial charge in [0.1, 0.15) is 11.9 Å². The lowest BCUT2D eigenvalue weighted by atomic mass is 10.0. The van der Waals surface area contributed by atoms with Crippen molar-refractivity contribution in [3.05, 3.63) is 106 Å². The van der Waals surface area contributed by atoms with Crippen LogP contribution >= 0.6 is 27.7 Å². The Morgan fingerprint density at radius 2 is 1.66 bits per heavy atom. The van der Waals surface area contributed by atoms with Crippen LogP contribution in [0.25, 0.3) is 0 Å². The molecule has 0 aliphatic carbocycles. The highest BCUT2D eigenvalue weighted by Gasteiger charge is 2.30. The van der Waals surface area contributed by atoms with Gasteiger partial charge in [0.05, 0.1) is 5.75 Å². The summed E-state index contributed by atoms with van der Waals surface area (Å²) in [5.41, 5.74) is 2.44. The summed E-state index contributed by atoms with van der Waals surface area (Å²) in [6.45, 7) is 2.53. The van der Waals surface area contributed by atoms with Gasteiger partial charge in [0.25, 0.3) is 0 Å². The molecule has 1 atom stereocenters. The van der Waals surface area contributed by atoms with Crippen LogP contribution in [-0.2, 0) is 28.3 Å². The lowest BCUT2D eigenvalue weighted by molar-refractivity contribution is -0.139. The number of benzene rings is 3. The number of amides is 2. The second kappa shape index (κ2) is 14.0. The summed E-state index contributed by atoms with van der Waals surface area (Å²) >= 11 is 4.92. The Balaban J connectivity index is 1.83. The first kappa shape index (κ1) is 27.0. The maximum absolute atomic E-state index is 14.6. The molecule has 0 saturated carbocycles. The highest BCUT2D eigenvalue weighted by Crippen LogP contribution is 2.20. The molecule has 0 fully saturated rings. The van der Waals surface area contributed by atoms with Crippen LogP contribution in [-0.4, -0.2) is 35.1 Å². The third-order valence-corrected chi connectivity index (χ3v) is 7.04. The van der Waals surface area contributed by atoms with Crippen LogP contribution in [0, 0.1) is 5.82 Å². The van der Waals surface area contributed by atoms with Gasteiger partial charge < -0.3 is 10.2 Å². The number of hydrogen-bond acceptors (Lipinski definition) is 3. The van der Waals surface area contributed by atoms with Crippen LogP contribution in [0.1, 0.15) is 30.0 Å². The van der Waals surface area contributed by atoms with E-state index in [4.69, 9.17) is 0 Å². The molecule has 3 aromatic carbocycles. The first-order valence-corrected chi connectivity index (χ1v) is 13.6. The van der Waals surface area contributed by atoms with Crippen molar-refractivity contribution in [2.45, 2.75) is 38.1 Å². The average Bonchev–Trinajstić information content (AvgIpc) is 2.87. The summed E-state index contributed by atoms with van der Waals surface area (Å²) in [5, 5.41) is 2.94. The van der Waals surface area contributed by atoms with Gasteiger partial charge >= 0.3 is 0 Å². The normalized spacial score (nSPS) is 11.6. The van der Waals surface area contributed by atoms with E-state index in [1.54, 1.807) is 18.2 Å². The zero-order valence-electron chi connectivity index (χ0n) is 19.8. The molecule has 35 heavy (non-hydrogen) atoms. The Hall–Kier alpha value is -2.64. The molecule has 184 valence electrons. The van der Waals surface area contributed by atoms with Crippen molar-refractivity contribution in [1.29, 1.82) is 0 Å². The van der Waals surface area contributed by atoms with Gasteiger partial charge in [0.15, 0.2) is 0 Å². The Morgan fingerprint density at radius 1 is 0.971 bits per heavy atom. The first-order chi connectivity index (χ1) is 17.0. The van der Waals surface area contributed by atoms with Crippen molar-refractivity contribution in [3.63, 3.8) is 0 Å². The topological polar surface area (TPSA) is 49.4 Å². The van der Waals surface area contributed by atoms with E-state index in [-0.39, 0.29) is 29.9 Å². The first-order valence-electron chi connectivity index (χ1n) is 11.6. The fraction of sp³-hybridized carbons (Fsp3) is 0.286. The van der Waals surface area contributed by atoms with Crippen molar-refractivity contribution < 1.29 is 14.0 Å². The lowest BCUT2D eigenvalue weighted by Crippen LogP contribution is -2.51. The minimum Gasteiger partial charge on any atom is -0.354 e. The maximum Gasteiger partial charge on any atom is 0.243 e. The third-order valence-electron chi connectivity index (χ3n) is 5.53. The summed E-state index contributed by atoms with van der Waals surface area (Å²) in [6.07, 6.45) is 1.14. The molecule has 0 saturated heterocycles. The van der Waals surface area contributed by atoms with Gasteiger partial charge in [-0.25, -0.2) is 4.39 Å². The van der Waals surface area contributed by atoms with Crippen LogP contribution in [0.3, 0.4) is 0 Å². The van der Waals surface area contributed by atoms with E-state index in [2.05, 4.69) is 21.2 Å². The number of nitrogens with zero attached hydrogens (tertiary/aromatic N) is 1. The van der Waals surface area contributed by atoms with E-state index in [9.17, 15) is 14.0 Å². The molecule has 3 rings (SSSR count). The quantitative estimate of drug-likeness (QED) is 0.298. The number of nitrogens with one attached hydrogen (secondary N) is 1. The molecule has 0 radical (unpaired) electrons. The molecule has 0 aliphatic rings. The highest BCUT2D eigenvalue weighted by atomic mass is 79.9. The zero-order chi connectivity index (χ0) is 25.0. The molecule has 0 unspecified atom stereocenters. The van der Waals surface area contributed by atoms with Crippen molar-refractivity contribution in [3.8, 4) is 0 Å². The number of thioether (sulfide) groups is 1. The second-order valence-corrected chi connectivity index (χ2v) is 10.1. The predicted molar refractivity (Wildman–Crippen MR) is 144 cm³/mol. The molecular formula is C28H30BrFN2O2S. The zero-order valence-corrected chi connectivity index (χ0v) is 22.2. The van der Waals surface area contributed by atoms with Gasteiger partial charge in [0.2, 0.25) is 11.8 Å². The molecule has 0 bridgehead atoms. The van der Waals surface area contributed by atoms with Crippen LogP contribution in [0.5, 0.6) is 0 Å². The summed E-state index contributed by atoms with van der Waals surface area (Å²) < 4.78 is 15.6. The summed E-state index contributed by atoms with van der Waals surface area (Å²) in [6, 6.07) is 23.2. The molecule has 0 heterocycles. The lowest BCUT2D eigenvalue weighted by Gasteiger charge is -2.31. The van der Waals surface area contributed by atoms with E-state index in [1.807, 2.05) is 61.5 Å². The monoisotopic (exact) mass is 556 g/mol. The number of carbonyl (C=O) groups excluding carboxylic acids is 2. The van der Waals surface area contributed by atoms with Crippen molar-refractivity contribution >= 4 is 39.5 Å². The van der Waals surface area contributed by atoms with Crippen LogP contribution in [0.2, 0.25) is 0 Å². The largest absolute Gasteiger partial charge is 0.354 e. The average molecular weight is 558 g/mol. The molecule has 0 spiro atoms. The smallest absolute Gasteiger partial charge is 0.243 e. The molecular weight excluding hydrogens is 527 g/mol. The molecule has 7 heteroatoms. The minimum absolute atomic E-state index is 0.0292. The fourth-order valence-corrected chi connectivity index (χ4v) is 4.78. The predicted octanol–water partition coefficient (Wildman–Crippen LogP) is 5.99. The van der Waals surface area contributed by atoms with E-state index < -0.39 is 6.04 Å². The van der Waals surface area contributed by atoms with Crippen LogP contribution in [0.15, 0.2) is 83.3 Å². The molecule has 4 nitrogen and oxygen atoms in total. The Morgan fingerprint density at radius 3 is 2.34 bits per heavy atom. The standard InChI is InChI=1S/C28H30BrFN2O2S/c1-2-16-31-28(34)26(17-21-8-4-3-5-9-21)32(18-23-10-6-7-11-25(23)30)27(33)20-35-19-22-12-14-24(29)15-13-22/h3-15,26H,2,16-20H2,1H3,(H,31,34)/t26-/m1/s1. The van der Waals surface area contributed by atoms with E-state index in [1.165, 1.54) is 22.7 Å². The number of hydrogen-bond donors (Lipinski definition) is 1. The third kappa shape index (κ3) is 8.51. The van der Waals surface area contributed by atoms with Gasteiger partial charge in [-0.2, -0.15) is 0 Å². The molecule has 1 N–H and O–H groups in total. The maximum atomic E-state index is 14.6. The van der Waals surface area contributed by atoms with Crippen molar-refractivity contribution in [2.24, 2.45) is 0 Å². The van der Waals surface area contributed by atoms with Gasteiger partial charge in [-0.15, -0.1) is 11.8 Å². The minimum atomic E-state index is -0.746. The molecule has 0 aromatic heterocycles. The van der Waals surface area contributed by atoms with E-state index in [0.29, 0.717) is 24.3 Å². The summed E-state index contributed by atoms with van der Waals surface area (Å²) in [7, 11) is 0. The SMILES string of the molecule is CCCNC(=O)[C@@H](Cc1ccccc1)N(Cc1ccccc1F)C(=O)CSCc1ccc(Br)cc1.